The molecule has 0 fully saturated rings. The topological polar surface area (TPSA) is 94.8 Å². The lowest BCUT2D eigenvalue weighted by molar-refractivity contribution is -0.137. The number of aliphatic hydroxyl groups excluding tert-OH is 2. The summed E-state index contributed by atoms with van der Waals surface area (Å²) >= 11 is 0. The number of carbonyl (C=O) groups is 2. The summed E-state index contributed by atoms with van der Waals surface area (Å²) in [6.45, 7) is 11.5. The molecule has 1 rings (SSSR count). The van der Waals surface area contributed by atoms with Crippen LogP contribution in [-0.2, 0) is 9.59 Å². The SMILES string of the molecule is CCC(C)C(=O)C1=C(O)C(O)(C(O)CCC(C)C)[C@H](CCC(C)C)C1=O. The molecule has 0 heterocycles. The lowest BCUT2D eigenvalue weighted by Gasteiger charge is -2.34. The van der Waals surface area contributed by atoms with Gasteiger partial charge in [-0.2, -0.15) is 0 Å². The van der Waals surface area contributed by atoms with E-state index in [4.69, 9.17) is 0 Å². The number of rotatable bonds is 10. The molecule has 5 heteroatoms. The third-order valence-electron chi connectivity index (χ3n) is 5.57. The number of aliphatic hydroxyl groups is 3. The molecule has 0 spiro atoms. The Hall–Kier alpha value is -1.20. The summed E-state index contributed by atoms with van der Waals surface area (Å²) in [5, 5.41) is 32.6. The summed E-state index contributed by atoms with van der Waals surface area (Å²) in [7, 11) is 0. The van der Waals surface area contributed by atoms with Crippen LogP contribution in [0.5, 0.6) is 0 Å². The number of hydrogen-bond acceptors (Lipinski definition) is 5. The highest BCUT2D eigenvalue weighted by Gasteiger charge is 2.58. The van der Waals surface area contributed by atoms with E-state index >= 15 is 0 Å². The van der Waals surface area contributed by atoms with E-state index < -0.39 is 40.9 Å². The van der Waals surface area contributed by atoms with Gasteiger partial charge in [-0.25, -0.2) is 0 Å². The van der Waals surface area contributed by atoms with Gasteiger partial charge in [-0.3, -0.25) is 9.59 Å². The highest BCUT2D eigenvalue weighted by molar-refractivity contribution is 6.24. The van der Waals surface area contributed by atoms with Gasteiger partial charge in [-0.15, -0.1) is 0 Å². The maximum Gasteiger partial charge on any atom is 0.176 e. The van der Waals surface area contributed by atoms with Crippen molar-refractivity contribution >= 4 is 11.6 Å². The van der Waals surface area contributed by atoms with Gasteiger partial charge in [0.25, 0.3) is 0 Å². The summed E-state index contributed by atoms with van der Waals surface area (Å²) in [6, 6.07) is 0. The van der Waals surface area contributed by atoms with Crippen LogP contribution >= 0.6 is 0 Å². The molecule has 0 aromatic rings. The normalized spacial score (nSPS) is 26.1. The molecular formula is C21H36O5. The first-order valence-corrected chi connectivity index (χ1v) is 9.90. The minimum atomic E-state index is -2.07. The van der Waals surface area contributed by atoms with E-state index in [1.54, 1.807) is 6.92 Å². The molecule has 26 heavy (non-hydrogen) atoms. The molecule has 0 saturated carbocycles. The van der Waals surface area contributed by atoms with Crippen molar-refractivity contribution in [2.45, 2.75) is 85.4 Å². The average molecular weight is 369 g/mol. The fourth-order valence-corrected chi connectivity index (χ4v) is 3.48. The Bertz CT molecular complexity index is 549. The van der Waals surface area contributed by atoms with Gasteiger partial charge in [-0.05, 0) is 37.5 Å². The van der Waals surface area contributed by atoms with E-state index in [2.05, 4.69) is 0 Å². The maximum atomic E-state index is 12.9. The Labute approximate surface area is 157 Å². The zero-order chi connectivity index (χ0) is 20.2. The molecule has 0 aromatic carbocycles. The van der Waals surface area contributed by atoms with Crippen LogP contribution in [0.15, 0.2) is 11.3 Å². The molecule has 3 N–H and O–H groups in total. The number of hydrogen-bond donors (Lipinski definition) is 3. The molecule has 0 aromatic heterocycles. The molecule has 0 radical (unpaired) electrons. The Morgan fingerprint density at radius 2 is 1.62 bits per heavy atom. The Kier molecular flexibility index (Phi) is 8.03. The van der Waals surface area contributed by atoms with Crippen LogP contribution in [0.3, 0.4) is 0 Å². The molecule has 1 aliphatic carbocycles. The molecule has 5 nitrogen and oxygen atoms in total. The van der Waals surface area contributed by atoms with Crippen molar-refractivity contribution in [2.24, 2.45) is 23.7 Å². The summed E-state index contributed by atoms with van der Waals surface area (Å²) < 4.78 is 0. The number of ketones is 2. The maximum absolute atomic E-state index is 12.9. The third kappa shape index (κ3) is 4.55. The summed E-state index contributed by atoms with van der Waals surface area (Å²) in [6.07, 6.45) is 1.15. The molecule has 150 valence electrons. The van der Waals surface area contributed by atoms with Crippen LogP contribution in [0.4, 0.5) is 0 Å². The highest BCUT2D eigenvalue weighted by Crippen LogP contribution is 2.44. The molecule has 0 saturated heterocycles. The molecule has 0 aliphatic heterocycles. The summed E-state index contributed by atoms with van der Waals surface area (Å²) in [5.74, 6) is -2.39. The number of carbonyl (C=O) groups excluding carboxylic acids is 2. The zero-order valence-corrected chi connectivity index (χ0v) is 17.1. The quantitative estimate of drug-likeness (QED) is 0.512. The van der Waals surface area contributed by atoms with Gasteiger partial charge in [0.1, 0.15) is 11.3 Å². The number of allylic oxidation sites excluding steroid dienone is 1. The van der Waals surface area contributed by atoms with E-state index in [0.29, 0.717) is 37.5 Å². The Morgan fingerprint density at radius 1 is 1.08 bits per heavy atom. The van der Waals surface area contributed by atoms with Gasteiger partial charge in [0.05, 0.1) is 12.0 Å². The lowest BCUT2D eigenvalue weighted by Crippen LogP contribution is -2.49. The van der Waals surface area contributed by atoms with E-state index in [0.717, 1.165) is 0 Å². The Balaban J connectivity index is 3.29. The van der Waals surface area contributed by atoms with Gasteiger partial charge >= 0.3 is 0 Å². The fourth-order valence-electron chi connectivity index (χ4n) is 3.48. The standard InChI is InChI=1S/C21H36O5/c1-7-14(6)18(23)17-19(24)15(10-8-12(2)3)21(26,20(17)25)16(22)11-9-13(4)5/h12-16,22,25-26H,7-11H2,1-6H3/t14?,15-,16?,21?/m1/s1. The summed E-state index contributed by atoms with van der Waals surface area (Å²) in [5.41, 5.74) is -2.38. The minimum Gasteiger partial charge on any atom is -0.508 e. The molecule has 0 bridgehead atoms. The van der Waals surface area contributed by atoms with E-state index in [1.807, 2.05) is 34.6 Å². The van der Waals surface area contributed by atoms with Crippen molar-refractivity contribution in [1.29, 1.82) is 0 Å². The zero-order valence-electron chi connectivity index (χ0n) is 17.1. The van der Waals surface area contributed by atoms with Crippen molar-refractivity contribution < 1.29 is 24.9 Å². The van der Waals surface area contributed by atoms with Crippen LogP contribution in [0.2, 0.25) is 0 Å². The predicted octanol–water partition coefficient (Wildman–Crippen LogP) is 3.58. The largest absolute Gasteiger partial charge is 0.508 e. The second kappa shape index (κ2) is 9.14. The lowest BCUT2D eigenvalue weighted by atomic mass is 9.78. The molecule has 0 amide bonds. The van der Waals surface area contributed by atoms with Crippen molar-refractivity contribution in [3.05, 3.63) is 11.3 Å². The first-order valence-electron chi connectivity index (χ1n) is 9.90. The monoisotopic (exact) mass is 368 g/mol. The Morgan fingerprint density at radius 3 is 2.08 bits per heavy atom. The van der Waals surface area contributed by atoms with Crippen LogP contribution in [0.25, 0.3) is 0 Å². The van der Waals surface area contributed by atoms with Gasteiger partial charge in [0, 0.05) is 5.92 Å². The molecular weight excluding hydrogens is 332 g/mol. The van der Waals surface area contributed by atoms with Crippen LogP contribution in [0.1, 0.15) is 73.6 Å². The second-order valence-electron chi connectivity index (χ2n) is 8.60. The van der Waals surface area contributed by atoms with Crippen molar-refractivity contribution in [2.75, 3.05) is 0 Å². The second-order valence-corrected chi connectivity index (χ2v) is 8.60. The van der Waals surface area contributed by atoms with Crippen molar-refractivity contribution in [1.82, 2.24) is 0 Å². The smallest absolute Gasteiger partial charge is 0.176 e. The third-order valence-corrected chi connectivity index (χ3v) is 5.57. The molecule has 3 unspecified atom stereocenters. The first kappa shape index (κ1) is 22.8. The fraction of sp³-hybridized carbons (Fsp3) is 0.810. The average Bonchev–Trinajstić information content (AvgIpc) is 2.76. The van der Waals surface area contributed by atoms with E-state index in [1.165, 1.54) is 0 Å². The summed E-state index contributed by atoms with van der Waals surface area (Å²) in [4.78, 5) is 25.6. The first-order chi connectivity index (χ1) is 12.0. The van der Waals surface area contributed by atoms with E-state index in [-0.39, 0.29) is 12.0 Å². The minimum absolute atomic E-state index is 0.258. The van der Waals surface area contributed by atoms with E-state index in [9.17, 15) is 24.9 Å². The molecule has 4 atom stereocenters. The van der Waals surface area contributed by atoms with Crippen molar-refractivity contribution in [3.8, 4) is 0 Å². The van der Waals surface area contributed by atoms with Crippen molar-refractivity contribution in [3.63, 3.8) is 0 Å². The van der Waals surface area contributed by atoms with Crippen LogP contribution in [0, 0.1) is 23.7 Å². The van der Waals surface area contributed by atoms with Crippen LogP contribution < -0.4 is 0 Å². The number of Topliss-reactive ketones (excluding diaryl/α,β-unsaturated/α-hetero) is 2. The van der Waals surface area contributed by atoms with Gasteiger partial charge in [0.15, 0.2) is 17.2 Å². The molecule has 1 aliphatic rings. The highest BCUT2D eigenvalue weighted by atomic mass is 16.4. The van der Waals surface area contributed by atoms with Gasteiger partial charge < -0.3 is 15.3 Å². The van der Waals surface area contributed by atoms with Gasteiger partial charge in [-0.1, -0.05) is 48.0 Å². The van der Waals surface area contributed by atoms with Crippen LogP contribution in [-0.4, -0.2) is 38.6 Å². The van der Waals surface area contributed by atoms with Gasteiger partial charge in [0.2, 0.25) is 0 Å². The predicted molar refractivity (Wildman–Crippen MR) is 102 cm³/mol.